The van der Waals surface area contributed by atoms with Crippen LogP contribution < -0.4 is 24.8 Å². The van der Waals surface area contributed by atoms with E-state index < -0.39 is 0 Å². The molecule has 0 bridgehead atoms. The fourth-order valence-electron chi connectivity index (χ4n) is 2.73. The number of hydrogen-bond donors (Lipinski definition) is 2. The van der Waals surface area contributed by atoms with Gasteiger partial charge in [-0.05, 0) is 29.8 Å². The Balaban J connectivity index is 1.55. The number of anilines is 2. The molecular formula is C23H24N2O4. The van der Waals surface area contributed by atoms with Gasteiger partial charge in [0.05, 0.1) is 26.5 Å². The number of benzene rings is 3. The van der Waals surface area contributed by atoms with Gasteiger partial charge < -0.3 is 24.8 Å². The minimum absolute atomic E-state index is 0.0997. The Morgan fingerprint density at radius 2 is 1.69 bits per heavy atom. The Morgan fingerprint density at radius 1 is 0.862 bits per heavy atom. The lowest BCUT2D eigenvalue weighted by Crippen LogP contribution is -2.22. The van der Waals surface area contributed by atoms with Crippen molar-refractivity contribution in [3.8, 4) is 17.2 Å². The molecule has 3 rings (SSSR count). The van der Waals surface area contributed by atoms with Crippen molar-refractivity contribution in [2.24, 2.45) is 0 Å². The summed E-state index contributed by atoms with van der Waals surface area (Å²) in [7, 11) is 3.12. The standard InChI is InChI=1S/C23H24N2O4/c1-27-19-11-12-22(28-2)21(14-19)25-23(26)15-24-18-9-6-10-20(13-18)29-16-17-7-4-3-5-8-17/h3-14,24H,15-16H2,1-2H3,(H,25,26). The first-order valence-corrected chi connectivity index (χ1v) is 9.20. The minimum atomic E-state index is -0.202. The highest BCUT2D eigenvalue weighted by molar-refractivity contribution is 5.95. The number of carbonyl (C=O) groups excluding carboxylic acids is 1. The highest BCUT2D eigenvalue weighted by Crippen LogP contribution is 2.28. The second-order valence-corrected chi connectivity index (χ2v) is 6.27. The third-order valence-electron chi connectivity index (χ3n) is 4.22. The molecule has 3 aromatic carbocycles. The third kappa shape index (κ3) is 5.90. The molecule has 0 aromatic heterocycles. The molecule has 150 valence electrons. The molecule has 3 aromatic rings. The van der Waals surface area contributed by atoms with Gasteiger partial charge in [-0.15, -0.1) is 0 Å². The normalized spacial score (nSPS) is 10.1. The molecule has 0 heterocycles. The summed E-state index contributed by atoms with van der Waals surface area (Å²) in [6.45, 7) is 0.586. The molecule has 0 fully saturated rings. The molecule has 29 heavy (non-hydrogen) atoms. The maximum Gasteiger partial charge on any atom is 0.243 e. The Kier molecular flexibility index (Phi) is 6.95. The van der Waals surface area contributed by atoms with Gasteiger partial charge in [-0.2, -0.15) is 0 Å². The van der Waals surface area contributed by atoms with E-state index in [0.29, 0.717) is 23.8 Å². The van der Waals surface area contributed by atoms with Crippen molar-refractivity contribution in [2.75, 3.05) is 31.4 Å². The zero-order chi connectivity index (χ0) is 20.5. The van der Waals surface area contributed by atoms with Crippen molar-refractivity contribution in [2.45, 2.75) is 6.61 Å². The molecule has 0 atom stereocenters. The molecule has 0 spiro atoms. The van der Waals surface area contributed by atoms with Gasteiger partial charge in [0.15, 0.2) is 0 Å². The van der Waals surface area contributed by atoms with Gasteiger partial charge in [0.1, 0.15) is 23.9 Å². The molecule has 0 aliphatic heterocycles. The van der Waals surface area contributed by atoms with Gasteiger partial charge in [-0.25, -0.2) is 0 Å². The highest BCUT2D eigenvalue weighted by Gasteiger charge is 2.09. The lowest BCUT2D eigenvalue weighted by molar-refractivity contribution is -0.114. The van der Waals surface area contributed by atoms with E-state index in [1.54, 1.807) is 32.4 Å². The van der Waals surface area contributed by atoms with E-state index in [-0.39, 0.29) is 12.5 Å². The number of amides is 1. The Hall–Kier alpha value is -3.67. The second-order valence-electron chi connectivity index (χ2n) is 6.27. The Bertz CT molecular complexity index is 945. The van der Waals surface area contributed by atoms with Crippen LogP contribution in [-0.4, -0.2) is 26.7 Å². The summed E-state index contributed by atoms with van der Waals surface area (Å²) < 4.78 is 16.3. The maximum atomic E-state index is 12.3. The second kappa shape index (κ2) is 10.0. The summed E-state index contributed by atoms with van der Waals surface area (Å²) in [5.41, 5.74) is 2.44. The van der Waals surface area contributed by atoms with Gasteiger partial charge >= 0.3 is 0 Å². The number of hydrogen-bond acceptors (Lipinski definition) is 5. The zero-order valence-corrected chi connectivity index (χ0v) is 16.5. The predicted octanol–water partition coefficient (Wildman–Crippen LogP) is 4.33. The van der Waals surface area contributed by atoms with Crippen molar-refractivity contribution in [1.29, 1.82) is 0 Å². The number of ether oxygens (including phenoxy) is 3. The van der Waals surface area contributed by atoms with E-state index in [1.165, 1.54) is 0 Å². The first-order chi connectivity index (χ1) is 14.2. The molecular weight excluding hydrogens is 368 g/mol. The molecule has 2 N–H and O–H groups in total. The van der Waals surface area contributed by atoms with E-state index in [1.807, 2.05) is 54.6 Å². The monoisotopic (exact) mass is 392 g/mol. The average Bonchev–Trinajstić information content (AvgIpc) is 2.77. The predicted molar refractivity (Wildman–Crippen MR) is 114 cm³/mol. The highest BCUT2D eigenvalue weighted by atomic mass is 16.5. The van der Waals surface area contributed by atoms with E-state index in [2.05, 4.69) is 10.6 Å². The minimum Gasteiger partial charge on any atom is -0.497 e. The SMILES string of the molecule is COc1ccc(OC)c(NC(=O)CNc2cccc(OCc3ccccc3)c2)c1. The molecule has 0 saturated carbocycles. The lowest BCUT2D eigenvalue weighted by Gasteiger charge is -2.13. The lowest BCUT2D eigenvalue weighted by atomic mass is 10.2. The van der Waals surface area contributed by atoms with Crippen LogP contribution in [0, 0.1) is 0 Å². The molecule has 1 amide bonds. The van der Waals surface area contributed by atoms with Crippen LogP contribution in [0.2, 0.25) is 0 Å². The van der Waals surface area contributed by atoms with Gasteiger partial charge in [0.25, 0.3) is 0 Å². The molecule has 0 aliphatic rings. The Labute approximate surface area is 170 Å². The number of rotatable bonds is 9. The summed E-state index contributed by atoms with van der Waals surface area (Å²) >= 11 is 0. The van der Waals surface area contributed by atoms with Crippen LogP contribution in [-0.2, 0) is 11.4 Å². The first-order valence-electron chi connectivity index (χ1n) is 9.20. The fourth-order valence-corrected chi connectivity index (χ4v) is 2.73. The summed E-state index contributed by atoms with van der Waals surface area (Å²) in [5, 5.41) is 5.94. The van der Waals surface area contributed by atoms with Crippen molar-refractivity contribution < 1.29 is 19.0 Å². The molecule has 0 radical (unpaired) electrons. The molecule has 0 saturated heterocycles. The van der Waals surface area contributed by atoms with Crippen molar-refractivity contribution >= 4 is 17.3 Å². The first kappa shape index (κ1) is 20.1. The van der Waals surface area contributed by atoms with Crippen LogP contribution in [0.1, 0.15) is 5.56 Å². The van der Waals surface area contributed by atoms with Gasteiger partial charge in [0.2, 0.25) is 5.91 Å². The summed E-state index contributed by atoms with van der Waals surface area (Å²) in [6.07, 6.45) is 0. The van der Waals surface area contributed by atoms with Crippen molar-refractivity contribution in [1.82, 2.24) is 0 Å². The van der Waals surface area contributed by atoms with Gasteiger partial charge in [0, 0.05) is 17.8 Å². The maximum absolute atomic E-state index is 12.3. The number of nitrogens with one attached hydrogen (secondary N) is 2. The summed E-state index contributed by atoms with van der Waals surface area (Å²) in [6, 6.07) is 22.7. The van der Waals surface area contributed by atoms with E-state index in [9.17, 15) is 4.79 Å². The van der Waals surface area contributed by atoms with Crippen molar-refractivity contribution in [3.63, 3.8) is 0 Å². The van der Waals surface area contributed by atoms with E-state index in [0.717, 1.165) is 17.0 Å². The largest absolute Gasteiger partial charge is 0.497 e. The Morgan fingerprint density at radius 3 is 2.45 bits per heavy atom. The fraction of sp³-hybridized carbons (Fsp3) is 0.174. The number of methoxy groups -OCH3 is 2. The quantitative estimate of drug-likeness (QED) is 0.567. The summed E-state index contributed by atoms with van der Waals surface area (Å²) in [4.78, 5) is 12.3. The van der Waals surface area contributed by atoms with Gasteiger partial charge in [-0.3, -0.25) is 4.79 Å². The molecule has 0 unspecified atom stereocenters. The van der Waals surface area contributed by atoms with Crippen LogP contribution in [0.15, 0.2) is 72.8 Å². The van der Waals surface area contributed by atoms with E-state index in [4.69, 9.17) is 14.2 Å². The van der Waals surface area contributed by atoms with Crippen LogP contribution in [0.25, 0.3) is 0 Å². The van der Waals surface area contributed by atoms with Crippen LogP contribution in [0.3, 0.4) is 0 Å². The topological polar surface area (TPSA) is 68.8 Å². The van der Waals surface area contributed by atoms with Crippen LogP contribution >= 0.6 is 0 Å². The third-order valence-corrected chi connectivity index (χ3v) is 4.22. The van der Waals surface area contributed by atoms with Crippen molar-refractivity contribution in [3.05, 3.63) is 78.4 Å². The number of carbonyl (C=O) groups is 1. The molecule has 6 heteroatoms. The zero-order valence-electron chi connectivity index (χ0n) is 16.5. The summed E-state index contributed by atoms with van der Waals surface area (Å²) in [5.74, 6) is 1.73. The van der Waals surface area contributed by atoms with Gasteiger partial charge in [-0.1, -0.05) is 36.4 Å². The van der Waals surface area contributed by atoms with Crippen LogP contribution in [0.4, 0.5) is 11.4 Å². The smallest absolute Gasteiger partial charge is 0.243 e. The average molecular weight is 392 g/mol. The van der Waals surface area contributed by atoms with E-state index >= 15 is 0 Å². The molecule has 6 nitrogen and oxygen atoms in total. The molecule has 0 aliphatic carbocycles. The van der Waals surface area contributed by atoms with Crippen LogP contribution in [0.5, 0.6) is 17.2 Å².